The third-order valence-electron chi connectivity index (χ3n) is 10.6. The molecule has 0 aliphatic carbocycles. The van der Waals surface area contributed by atoms with Gasteiger partial charge in [-0.3, -0.25) is 0 Å². The molecule has 0 fully saturated rings. The standard InChI is InChI=1S/C48H29NO/c1-3-17-37-35(15-1)46(30-24-26-31(27-25-30)49-42-20-8-5-12-32(42)33-13-6-9-21-43(33)49)36-16-2-4-18-38(36)47(37)41-29-28-40-34-14-7-10-22-44(34)50-45-23-11-19-39(41)48(40)45/h1-29H. The number of aromatic nitrogens is 1. The molecule has 0 saturated heterocycles. The predicted molar refractivity (Wildman–Crippen MR) is 210 cm³/mol. The van der Waals surface area contributed by atoms with Crippen molar-refractivity contribution >= 4 is 54.1 Å². The van der Waals surface area contributed by atoms with Gasteiger partial charge in [0.25, 0.3) is 0 Å². The number of para-hydroxylation sites is 3. The second-order valence-electron chi connectivity index (χ2n) is 13.2. The van der Waals surface area contributed by atoms with Gasteiger partial charge in [0.2, 0.25) is 0 Å². The van der Waals surface area contributed by atoms with Gasteiger partial charge in [-0.15, -0.1) is 0 Å². The number of fused-ring (bicyclic) bond motifs is 7. The van der Waals surface area contributed by atoms with Crippen LogP contribution in [0, 0.1) is 0 Å². The Balaban J connectivity index is 1.15. The van der Waals surface area contributed by atoms with Crippen molar-refractivity contribution in [1.29, 1.82) is 0 Å². The summed E-state index contributed by atoms with van der Waals surface area (Å²) in [4.78, 5) is 0. The van der Waals surface area contributed by atoms with E-state index in [0.717, 1.165) is 22.7 Å². The Morgan fingerprint density at radius 1 is 0.320 bits per heavy atom. The first-order valence-corrected chi connectivity index (χ1v) is 17.2. The van der Waals surface area contributed by atoms with Crippen LogP contribution < -0.4 is 4.74 Å². The average molecular weight is 636 g/mol. The number of hydrogen-bond acceptors (Lipinski definition) is 1. The van der Waals surface area contributed by atoms with Crippen LogP contribution in [0.4, 0.5) is 0 Å². The molecule has 0 bridgehead atoms. The molecule has 1 aromatic heterocycles. The minimum Gasteiger partial charge on any atom is -0.456 e. The van der Waals surface area contributed by atoms with Crippen LogP contribution in [0.25, 0.3) is 93.2 Å². The molecule has 0 unspecified atom stereocenters. The molecule has 9 aromatic carbocycles. The first-order chi connectivity index (χ1) is 24.8. The number of hydrogen-bond donors (Lipinski definition) is 0. The van der Waals surface area contributed by atoms with Crippen LogP contribution in [-0.4, -0.2) is 4.57 Å². The zero-order valence-electron chi connectivity index (χ0n) is 27.1. The molecule has 0 saturated carbocycles. The summed E-state index contributed by atoms with van der Waals surface area (Å²) in [7, 11) is 0. The fraction of sp³-hybridized carbons (Fsp3) is 0. The average Bonchev–Trinajstić information content (AvgIpc) is 3.52. The molecule has 10 aromatic rings. The van der Waals surface area contributed by atoms with Crippen molar-refractivity contribution in [3.8, 4) is 50.6 Å². The number of benzene rings is 9. The molecule has 2 heterocycles. The van der Waals surface area contributed by atoms with Crippen LogP contribution in [0.3, 0.4) is 0 Å². The summed E-state index contributed by atoms with van der Waals surface area (Å²) in [5.74, 6) is 1.82. The van der Waals surface area contributed by atoms with Crippen molar-refractivity contribution in [2.75, 3.05) is 0 Å². The Hall–Kier alpha value is -6.64. The Morgan fingerprint density at radius 2 is 0.820 bits per heavy atom. The van der Waals surface area contributed by atoms with Gasteiger partial charge in [-0.2, -0.15) is 0 Å². The third kappa shape index (κ3) is 3.79. The normalized spacial score (nSPS) is 12.2. The highest BCUT2D eigenvalue weighted by Crippen LogP contribution is 2.51. The molecule has 232 valence electrons. The van der Waals surface area contributed by atoms with Crippen molar-refractivity contribution < 1.29 is 4.74 Å². The van der Waals surface area contributed by atoms with Crippen molar-refractivity contribution in [2.24, 2.45) is 0 Å². The van der Waals surface area contributed by atoms with Gasteiger partial charge in [0.05, 0.1) is 11.0 Å². The summed E-state index contributed by atoms with van der Waals surface area (Å²) in [5.41, 5.74) is 10.9. The van der Waals surface area contributed by atoms with Crippen LogP contribution in [0.15, 0.2) is 176 Å². The highest BCUT2D eigenvalue weighted by molar-refractivity contribution is 6.24. The maximum Gasteiger partial charge on any atom is 0.135 e. The van der Waals surface area contributed by atoms with E-state index in [1.807, 2.05) is 6.07 Å². The van der Waals surface area contributed by atoms with Crippen molar-refractivity contribution in [1.82, 2.24) is 4.57 Å². The molecule has 0 radical (unpaired) electrons. The van der Waals surface area contributed by atoms with Crippen LogP contribution in [0.2, 0.25) is 0 Å². The Kier molecular flexibility index (Phi) is 5.70. The number of rotatable bonds is 3. The predicted octanol–water partition coefficient (Wildman–Crippen LogP) is 13.3. The molecule has 0 atom stereocenters. The molecule has 1 aliphatic rings. The molecule has 11 rings (SSSR count). The van der Waals surface area contributed by atoms with E-state index < -0.39 is 0 Å². The summed E-state index contributed by atoms with van der Waals surface area (Å²) in [6.07, 6.45) is 0. The minimum absolute atomic E-state index is 0.907. The second kappa shape index (κ2) is 10.4. The van der Waals surface area contributed by atoms with Crippen LogP contribution >= 0.6 is 0 Å². The lowest BCUT2D eigenvalue weighted by Gasteiger charge is -2.24. The number of nitrogens with zero attached hydrogens (tertiary/aromatic N) is 1. The summed E-state index contributed by atoms with van der Waals surface area (Å²) in [6.45, 7) is 0. The Morgan fingerprint density at radius 3 is 1.48 bits per heavy atom. The quantitative estimate of drug-likeness (QED) is 0.176. The highest BCUT2D eigenvalue weighted by Gasteiger charge is 2.24. The third-order valence-corrected chi connectivity index (χ3v) is 10.6. The van der Waals surface area contributed by atoms with Crippen LogP contribution in [-0.2, 0) is 0 Å². The van der Waals surface area contributed by atoms with E-state index in [-0.39, 0.29) is 0 Å². The first-order valence-electron chi connectivity index (χ1n) is 17.2. The monoisotopic (exact) mass is 635 g/mol. The molecular weight excluding hydrogens is 607 g/mol. The Labute approximate surface area is 289 Å². The van der Waals surface area contributed by atoms with E-state index in [9.17, 15) is 0 Å². The van der Waals surface area contributed by atoms with E-state index in [1.165, 1.54) is 81.9 Å². The van der Waals surface area contributed by atoms with Gasteiger partial charge in [-0.05, 0) is 91.1 Å². The molecule has 2 nitrogen and oxygen atoms in total. The molecule has 2 heteroatoms. The summed E-state index contributed by atoms with van der Waals surface area (Å²) < 4.78 is 8.86. The van der Waals surface area contributed by atoms with Gasteiger partial charge in [-0.25, -0.2) is 0 Å². The fourth-order valence-corrected chi connectivity index (χ4v) is 8.50. The zero-order valence-corrected chi connectivity index (χ0v) is 27.1. The molecule has 50 heavy (non-hydrogen) atoms. The first kappa shape index (κ1) is 27.3. The molecule has 1 aliphatic heterocycles. The van der Waals surface area contributed by atoms with Gasteiger partial charge >= 0.3 is 0 Å². The van der Waals surface area contributed by atoms with Crippen molar-refractivity contribution in [3.63, 3.8) is 0 Å². The maximum absolute atomic E-state index is 6.47. The minimum atomic E-state index is 0.907. The van der Waals surface area contributed by atoms with E-state index in [2.05, 4.69) is 174 Å². The van der Waals surface area contributed by atoms with E-state index in [4.69, 9.17) is 4.74 Å². The largest absolute Gasteiger partial charge is 0.456 e. The second-order valence-corrected chi connectivity index (χ2v) is 13.2. The van der Waals surface area contributed by atoms with Gasteiger partial charge in [0, 0.05) is 27.4 Å². The lowest BCUT2D eigenvalue weighted by molar-refractivity contribution is 0.487. The lowest BCUT2D eigenvalue weighted by atomic mass is 9.83. The van der Waals surface area contributed by atoms with Crippen LogP contribution in [0.5, 0.6) is 11.5 Å². The van der Waals surface area contributed by atoms with Crippen molar-refractivity contribution in [2.45, 2.75) is 0 Å². The fourth-order valence-electron chi connectivity index (χ4n) is 8.50. The molecular formula is C48H29NO. The van der Waals surface area contributed by atoms with E-state index in [1.54, 1.807) is 0 Å². The van der Waals surface area contributed by atoms with Gasteiger partial charge in [-0.1, -0.05) is 140 Å². The maximum atomic E-state index is 6.47. The highest BCUT2D eigenvalue weighted by atomic mass is 16.5. The van der Waals surface area contributed by atoms with Crippen LogP contribution in [0.1, 0.15) is 0 Å². The smallest absolute Gasteiger partial charge is 0.135 e. The zero-order chi connectivity index (χ0) is 32.8. The Bertz CT molecular complexity index is 2890. The number of ether oxygens (including phenoxy) is 1. The van der Waals surface area contributed by atoms with E-state index in [0.29, 0.717) is 0 Å². The van der Waals surface area contributed by atoms with Gasteiger partial charge < -0.3 is 9.30 Å². The van der Waals surface area contributed by atoms with Gasteiger partial charge in [0.1, 0.15) is 11.5 Å². The summed E-state index contributed by atoms with van der Waals surface area (Å²) in [5, 5.41) is 9.88. The SMILES string of the molecule is c1ccc2c(c1)Oc1cccc3c(-c4c5ccccc5c(-c5ccc(-n6c7ccccc7c7ccccc76)cc5)c5ccccc45)ccc-2c13. The van der Waals surface area contributed by atoms with E-state index >= 15 is 0 Å². The molecule has 0 spiro atoms. The topological polar surface area (TPSA) is 14.2 Å². The van der Waals surface area contributed by atoms with Crippen molar-refractivity contribution in [3.05, 3.63) is 176 Å². The lowest BCUT2D eigenvalue weighted by Crippen LogP contribution is -1.98. The van der Waals surface area contributed by atoms with Gasteiger partial charge in [0.15, 0.2) is 0 Å². The molecule has 0 amide bonds. The molecule has 0 N–H and O–H groups in total. The summed E-state index contributed by atoms with van der Waals surface area (Å²) >= 11 is 0. The summed E-state index contributed by atoms with van der Waals surface area (Å²) in [6, 6.07) is 63.7.